The van der Waals surface area contributed by atoms with Crippen LogP contribution < -0.4 is 9.62 Å². The molecule has 0 aliphatic carbocycles. The van der Waals surface area contributed by atoms with E-state index in [2.05, 4.69) is 9.71 Å². The topological polar surface area (TPSA) is 137 Å². The first-order valence-electron chi connectivity index (χ1n) is 11.9. The van der Waals surface area contributed by atoms with Crippen molar-refractivity contribution in [3.63, 3.8) is 0 Å². The maximum Gasteiger partial charge on any atom is 0.490 e. The fourth-order valence-electron chi connectivity index (χ4n) is 3.41. The smallest absolute Gasteiger partial charge is 0.478 e. The molecule has 0 saturated heterocycles. The Morgan fingerprint density at radius 1 is 0.975 bits per heavy atom. The van der Waals surface area contributed by atoms with Gasteiger partial charge in [0.1, 0.15) is 11.4 Å². The summed E-state index contributed by atoms with van der Waals surface area (Å²) in [5.41, 5.74) is 1.94. The molecular formula is C27H30F3N3O6S. The number of benzene rings is 2. The summed E-state index contributed by atoms with van der Waals surface area (Å²) < 4.78 is 59.9. The van der Waals surface area contributed by atoms with Crippen molar-refractivity contribution in [1.29, 1.82) is 0 Å². The van der Waals surface area contributed by atoms with Crippen LogP contribution in [-0.2, 0) is 26.8 Å². The molecule has 0 radical (unpaired) electrons. The van der Waals surface area contributed by atoms with Crippen molar-refractivity contribution in [3.05, 3.63) is 83.6 Å². The van der Waals surface area contributed by atoms with Crippen LogP contribution in [0.25, 0.3) is 0 Å². The predicted octanol–water partition coefficient (Wildman–Crippen LogP) is 5.54. The van der Waals surface area contributed by atoms with E-state index >= 15 is 0 Å². The number of halogens is 3. The van der Waals surface area contributed by atoms with Gasteiger partial charge in [0, 0.05) is 13.1 Å². The van der Waals surface area contributed by atoms with Gasteiger partial charge in [-0.2, -0.15) is 13.2 Å². The van der Waals surface area contributed by atoms with Crippen molar-refractivity contribution in [2.75, 3.05) is 16.2 Å². The van der Waals surface area contributed by atoms with E-state index in [4.69, 9.17) is 9.90 Å². The predicted molar refractivity (Wildman–Crippen MR) is 144 cm³/mol. The molecular weight excluding hydrogens is 551 g/mol. The van der Waals surface area contributed by atoms with E-state index < -0.39 is 28.1 Å². The number of rotatable bonds is 8. The molecule has 1 heterocycles. The molecule has 3 N–H and O–H groups in total. The van der Waals surface area contributed by atoms with E-state index in [-0.39, 0.29) is 27.4 Å². The van der Waals surface area contributed by atoms with Crippen molar-refractivity contribution >= 4 is 33.5 Å². The van der Waals surface area contributed by atoms with E-state index in [1.807, 2.05) is 62.9 Å². The molecule has 0 bridgehead atoms. The number of pyridine rings is 1. The molecule has 0 saturated carbocycles. The summed E-state index contributed by atoms with van der Waals surface area (Å²) in [6.07, 6.45) is -3.74. The second-order valence-electron chi connectivity index (χ2n) is 9.58. The minimum absolute atomic E-state index is 0.0731. The normalized spacial score (nSPS) is 11.7. The third-order valence-corrected chi connectivity index (χ3v) is 6.92. The highest BCUT2D eigenvalue weighted by Crippen LogP contribution is 2.27. The van der Waals surface area contributed by atoms with Gasteiger partial charge < -0.3 is 15.1 Å². The zero-order chi connectivity index (χ0) is 30.3. The molecule has 40 heavy (non-hydrogen) atoms. The van der Waals surface area contributed by atoms with Crippen LogP contribution in [0.1, 0.15) is 49.2 Å². The molecule has 3 rings (SSSR count). The molecule has 3 aromatic rings. The number of hydrogen-bond acceptors (Lipinski definition) is 6. The zero-order valence-electron chi connectivity index (χ0n) is 22.2. The number of nitrogens with one attached hydrogen (secondary N) is 1. The molecule has 0 atom stereocenters. The summed E-state index contributed by atoms with van der Waals surface area (Å²) in [4.78, 5) is 27.1. The summed E-state index contributed by atoms with van der Waals surface area (Å²) in [6.45, 7) is 9.07. The quantitative estimate of drug-likeness (QED) is 0.316. The summed E-state index contributed by atoms with van der Waals surface area (Å²) in [5, 5.41) is 16.9. The fourth-order valence-corrected chi connectivity index (χ4v) is 4.45. The number of aromatic nitrogens is 1. The van der Waals surface area contributed by atoms with Gasteiger partial charge in [0.25, 0.3) is 10.0 Å². The Morgan fingerprint density at radius 3 is 1.98 bits per heavy atom. The zero-order valence-corrected chi connectivity index (χ0v) is 23.0. The number of aromatic carboxylic acids is 1. The van der Waals surface area contributed by atoms with Gasteiger partial charge in [0.05, 0.1) is 16.8 Å². The first kappa shape index (κ1) is 32.1. The number of carboxylic acids is 2. The largest absolute Gasteiger partial charge is 0.490 e. The van der Waals surface area contributed by atoms with Gasteiger partial charge in [0.15, 0.2) is 0 Å². The Bertz CT molecular complexity index is 1420. The maximum atomic E-state index is 12.9. The fraction of sp³-hybridized carbons (Fsp3) is 0.296. The Morgan fingerprint density at radius 2 is 1.52 bits per heavy atom. The van der Waals surface area contributed by atoms with E-state index in [0.29, 0.717) is 13.1 Å². The Labute approximate surface area is 230 Å². The van der Waals surface area contributed by atoms with Crippen molar-refractivity contribution in [3.8, 4) is 0 Å². The van der Waals surface area contributed by atoms with E-state index in [1.165, 1.54) is 12.3 Å². The molecule has 0 unspecified atom stereocenters. The average molecular weight is 582 g/mol. The van der Waals surface area contributed by atoms with Gasteiger partial charge in [-0.1, -0.05) is 63.2 Å². The van der Waals surface area contributed by atoms with Crippen molar-refractivity contribution in [2.24, 2.45) is 0 Å². The number of hydrogen-bond donors (Lipinski definition) is 3. The minimum Gasteiger partial charge on any atom is -0.478 e. The van der Waals surface area contributed by atoms with E-state index in [0.717, 1.165) is 11.1 Å². The van der Waals surface area contributed by atoms with Crippen LogP contribution in [0.15, 0.2) is 71.8 Å². The Hall–Kier alpha value is -4.13. The van der Waals surface area contributed by atoms with Crippen LogP contribution in [0.3, 0.4) is 0 Å². The summed E-state index contributed by atoms with van der Waals surface area (Å²) in [5.74, 6) is -3.65. The number of carboxylic acid groups (broad SMARTS) is 2. The second kappa shape index (κ2) is 12.8. The molecule has 0 aliphatic rings. The van der Waals surface area contributed by atoms with Gasteiger partial charge in [-0.3, -0.25) is 4.72 Å². The number of aliphatic carboxylic acids is 1. The number of carbonyl (C=O) groups is 2. The molecule has 2 aromatic carbocycles. The first-order valence-corrected chi connectivity index (χ1v) is 13.4. The molecule has 1 aromatic heterocycles. The first-order chi connectivity index (χ1) is 18.5. The molecule has 0 spiro atoms. The lowest BCUT2D eigenvalue weighted by Crippen LogP contribution is -2.25. The van der Waals surface area contributed by atoms with E-state index in [1.54, 1.807) is 24.3 Å². The van der Waals surface area contributed by atoms with Crippen molar-refractivity contribution in [1.82, 2.24) is 4.98 Å². The van der Waals surface area contributed by atoms with E-state index in [9.17, 15) is 31.5 Å². The second-order valence-corrected chi connectivity index (χ2v) is 11.3. The molecule has 13 heteroatoms. The van der Waals surface area contributed by atoms with Gasteiger partial charge in [-0.25, -0.2) is 23.0 Å². The van der Waals surface area contributed by atoms with Crippen LogP contribution in [-0.4, -0.2) is 48.3 Å². The third-order valence-electron chi connectivity index (χ3n) is 5.52. The SMILES string of the molecule is CCN(Cc1ccccc1)c1ncc(NS(=O)(=O)c2ccc(C(C)(C)C)cc2)cc1C(=O)O.O=C(O)C(F)(F)F. The summed E-state index contributed by atoms with van der Waals surface area (Å²) in [6, 6.07) is 17.6. The van der Waals surface area contributed by atoms with Gasteiger partial charge >= 0.3 is 18.1 Å². The van der Waals surface area contributed by atoms with Crippen LogP contribution in [0.2, 0.25) is 0 Å². The highest BCUT2D eigenvalue weighted by molar-refractivity contribution is 7.92. The summed E-state index contributed by atoms with van der Waals surface area (Å²) in [7, 11) is -3.90. The van der Waals surface area contributed by atoms with Gasteiger partial charge in [-0.05, 0) is 41.7 Å². The lowest BCUT2D eigenvalue weighted by molar-refractivity contribution is -0.192. The highest BCUT2D eigenvalue weighted by atomic mass is 32.2. The average Bonchev–Trinajstić information content (AvgIpc) is 2.87. The molecule has 9 nitrogen and oxygen atoms in total. The number of alkyl halides is 3. The number of anilines is 2. The lowest BCUT2D eigenvalue weighted by Gasteiger charge is -2.24. The highest BCUT2D eigenvalue weighted by Gasteiger charge is 2.38. The van der Waals surface area contributed by atoms with Crippen LogP contribution in [0.4, 0.5) is 24.7 Å². The Kier molecular flexibility index (Phi) is 10.3. The van der Waals surface area contributed by atoms with Crippen LogP contribution in [0.5, 0.6) is 0 Å². The van der Waals surface area contributed by atoms with Crippen LogP contribution in [0, 0.1) is 0 Å². The monoisotopic (exact) mass is 581 g/mol. The number of nitrogens with zero attached hydrogens (tertiary/aromatic N) is 2. The minimum atomic E-state index is -5.08. The maximum absolute atomic E-state index is 12.9. The third kappa shape index (κ3) is 8.97. The summed E-state index contributed by atoms with van der Waals surface area (Å²) >= 11 is 0. The molecule has 216 valence electrons. The molecule has 0 aliphatic heterocycles. The van der Waals surface area contributed by atoms with Crippen LogP contribution >= 0.6 is 0 Å². The van der Waals surface area contributed by atoms with Gasteiger partial charge in [-0.15, -0.1) is 0 Å². The standard InChI is InChI=1S/C25H29N3O4S.C2HF3O2/c1-5-28(17-18-9-7-6-8-10-18)23-22(24(29)30)15-20(16-26-23)27-33(31,32)21-13-11-19(12-14-21)25(2,3)4;3-2(4,5)1(6)7/h6-16,27H,5,17H2,1-4H3,(H,29,30);(H,6,7). The van der Waals surface area contributed by atoms with Crippen molar-refractivity contribution < 1.29 is 41.4 Å². The van der Waals surface area contributed by atoms with Gasteiger partial charge in [0.2, 0.25) is 0 Å². The molecule has 0 fully saturated rings. The molecule has 0 amide bonds. The Balaban J connectivity index is 0.000000708. The number of sulfonamides is 1. The van der Waals surface area contributed by atoms with Crippen molar-refractivity contribution in [2.45, 2.75) is 50.7 Å². The lowest BCUT2D eigenvalue weighted by atomic mass is 9.87.